The molecular weight excluding hydrogens is 271 g/mol. The maximum absolute atomic E-state index is 2.31. The van der Waals surface area contributed by atoms with Gasteiger partial charge in [0, 0.05) is 0 Å². The van der Waals surface area contributed by atoms with Crippen LogP contribution >= 0.6 is 0 Å². The quantitative estimate of drug-likeness (QED) is 0.754. The maximum atomic E-state index is 2.31. The molecule has 0 N–H and O–H groups in total. The standard InChI is InChI=1S/C13H13.In.2H/c1-10(2)12-9-5-7-11-6-3-4-8-13(11)12;;;/h3-8,10H,1-2H3;;;. The molecule has 0 bridgehead atoms. The van der Waals surface area contributed by atoms with Gasteiger partial charge in [0.1, 0.15) is 0 Å². The monoisotopic (exact) mass is 286 g/mol. The van der Waals surface area contributed by atoms with E-state index in [1.165, 1.54) is 10.8 Å². The molecule has 0 fully saturated rings. The zero-order chi connectivity index (χ0) is 10.1. The van der Waals surface area contributed by atoms with Crippen molar-refractivity contribution in [1.82, 2.24) is 0 Å². The molecular formula is C13H15In. The molecule has 0 aromatic heterocycles. The Balaban J connectivity index is 2.83. The van der Waals surface area contributed by atoms with E-state index >= 15 is 0 Å². The van der Waals surface area contributed by atoms with Crippen LogP contribution < -0.4 is 3.32 Å². The Hall–Kier alpha value is -0.430. The molecule has 0 aliphatic carbocycles. The Kier molecular flexibility index (Phi) is 2.87. The minimum atomic E-state index is 0.604. The normalized spacial score (nSPS) is 11.1. The second-order valence-corrected chi connectivity index (χ2v) is 7.25. The molecule has 2 aromatic carbocycles. The summed E-state index contributed by atoms with van der Waals surface area (Å²) in [5.74, 6) is 0.651. The zero-order valence-corrected chi connectivity index (χ0v) is 14.7. The van der Waals surface area contributed by atoms with E-state index in [4.69, 9.17) is 0 Å². The number of benzene rings is 2. The van der Waals surface area contributed by atoms with E-state index in [1.807, 2.05) is 0 Å². The van der Waals surface area contributed by atoms with E-state index in [0.29, 0.717) is 30.3 Å². The summed E-state index contributed by atoms with van der Waals surface area (Å²) in [4.78, 5) is 0. The first-order chi connectivity index (χ1) is 6.70. The van der Waals surface area contributed by atoms with Gasteiger partial charge < -0.3 is 0 Å². The molecule has 70 valence electrons. The van der Waals surface area contributed by atoms with E-state index in [1.54, 1.807) is 8.88 Å². The van der Waals surface area contributed by atoms with Crippen molar-refractivity contribution in [3.8, 4) is 0 Å². The molecule has 2 rings (SSSR count). The zero-order valence-electron chi connectivity index (χ0n) is 9.04. The number of hydrogen-bond acceptors (Lipinski definition) is 0. The summed E-state index contributed by atoms with van der Waals surface area (Å²) in [5.41, 5.74) is 1.58. The van der Waals surface area contributed by atoms with Gasteiger partial charge in [0.05, 0.1) is 0 Å². The summed E-state index contributed by atoms with van der Waals surface area (Å²) in [6, 6.07) is 13.3. The molecule has 0 heterocycles. The Bertz CT molecular complexity index is 458. The molecule has 0 amide bonds. The Morgan fingerprint density at radius 1 is 1.00 bits per heavy atom. The van der Waals surface area contributed by atoms with Crippen LogP contribution in [0.15, 0.2) is 36.4 Å². The Labute approximate surface area is 99.9 Å². The van der Waals surface area contributed by atoms with Gasteiger partial charge >= 0.3 is 100 Å². The van der Waals surface area contributed by atoms with Gasteiger partial charge in [-0.1, -0.05) is 0 Å². The van der Waals surface area contributed by atoms with Crippen LogP contribution in [0.2, 0.25) is 0 Å². The van der Waals surface area contributed by atoms with Gasteiger partial charge in [-0.3, -0.25) is 0 Å². The van der Waals surface area contributed by atoms with Crippen molar-refractivity contribution in [2.45, 2.75) is 19.8 Å². The van der Waals surface area contributed by atoms with Gasteiger partial charge in [-0.25, -0.2) is 0 Å². The number of rotatable bonds is 1. The molecule has 1 heteroatoms. The predicted molar refractivity (Wildman–Crippen MR) is 66.2 cm³/mol. The fourth-order valence-corrected chi connectivity index (χ4v) is 5.06. The minimum absolute atomic E-state index is 0.604. The van der Waals surface area contributed by atoms with Gasteiger partial charge in [0.25, 0.3) is 0 Å². The first-order valence-electron chi connectivity index (χ1n) is 5.18. The van der Waals surface area contributed by atoms with E-state index in [2.05, 4.69) is 50.2 Å². The third-order valence-corrected chi connectivity index (χ3v) is 5.25. The van der Waals surface area contributed by atoms with Crippen molar-refractivity contribution in [1.29, 1.82) is 0 Å². The van der Waals surface area contributed by atoms with Crippen LogP contribution in [0, 0.1) is 0 Å². The van der Waals surface area contributed by atoms with Crippen molar-refractivity contribution < 1.29 is 0 Å². The molecule has 0 aliphatic heterocycles. The fourth-order valence-electron chi connectivity index (χ4n) is 2.17. The summed E-state index contributed by atoms with van der Waals surface area (Å²) in [6.07, 6.45) is 0. The van der Waals surface area contributed by atoms with E-state index in [-0.39, 0.29) is 0 Å². The van der Waals surface area contributed by atoms with Gasteiger partial charge in [0.15, 0.2) is 0 Å². The third kappa shape index (κ3) is 1.70. The topological polar surface area (TPSA) is 0 Å². The molecule has 0 aliphatic rings. The van der Waals surface area contributed by atoms with Crippen LogP contribution in [0.5, 0.6) is 0 Å². The van der Waals surface area contributed by atoms with Gasteiger partial charge in [-0.2, -0.15) is 0 Å². The first kappa shape index (κ1) is 10.1. The predicted octanol–water partition coefficient (Wildman–Crippen LogP) is 2.22. The Morgan fingerprint density at radius 2 is 1.71 bits per heavy atom. The van der Waals surface area contributed by atoms with Crippen molar-refractivity contribution in [3.63, 3.8) is 0 Å². The van der Waals surface area contributed by atoms with Crippen LogP contribution in [0.1, 0.15) is 25.3 Å². The van der Waals surface area contributed by atoms with Crippen LogP contribution in [-0.4, -0.2) is 24.4 Å². The summed E-state index contributed by atoms with van der Waals surface area (Å²) < 4.78 is 1.61. The molecule has 0 saturated carbocycles. The second kappa shape index (κ2) is 3.98. The second-order valence-electron chi connectivity index (χ2n) is 4.17. The average Bonchev–Trinajstić information content (AvgIpc) is 2.17. The average molecular weight is 286 g/mol. The third-order valence-electron chi connectivity index (χ3n) is 2.77. The van der Waals surface area contributed by atoms with Crippen LogP contribution in [0.25, 0.3) is 10.8 Å². The molecule has 0 unspecified atom stereocenters. The summed E-state index contributed by atoms with van der Waals surface area (Å²) in [7, 11) is 0. The summed E-state index contributed by atoms with van der Waals surface area (Å²) in [5, 5.41) is 2.84. The van der Waals surface area contributed by atoms with Crippen molar-refractivity contribution in [3.05, 3.63) is 42.0 Å². The molecule has 0 nitrogen and oxygen atoms in total. The van der Waals surface area contributed by atoms with Gasteiger partial charge in [0.2, 0.25) is 0 Å². The van der Waals surface area contributed by atoms with Crippen LogP contribution in [0.4, 0.5) is 0 Å². The van der Waals surface area contributed by atoms with Gasteiger partial charge in [-0.15, -0.1) is 0 Å². The fraction of sp³-hybridized carbons (Fsp3) is 0.231. The van der Waals surface area contributed by atoms with Crippen LogP contribution in [-0.2, 0) is 0 Å². The summed E-state index contributed by atoms with van der Waals surface area (Å²) in [6.45, 7) is 4.58. The molecule has 0 radical (unpaired) electrons. The SMILES string of the molecule is CC(C)c1[c]([InH2])ccc2ccccc12. The van der Waals surface area contributed by atoms with Crippen LogP contribution in [0.3, 0.4) is 0 Å². The van der Waals surface area contributed by atoms with Gasteiger partial charge in [-0.05, 0) is 0 Å². The molecule has 2 aromatic rings. The molecule has 0 saturated heterocycles. The molecule has 14 heavy (non-hydrogen) atoms. The van der Waals surface area contributed by atoms with Crippen molar-refractivity contribution >= 4 is 38.5 Å². The van der Waals surface area contributed by atoms with Crippen molar-refractivity contribution in [2.24, 2.45) is 0 Å². The Morgan fingerprint density at radius 3 is 2.43 bits per heavy atom. The van der Waals surface area contributed by atoms with E-state index in [9.17, 15) is 0 Å². The first-order valence-corrected chi connectivity index (χ1v) is 8.04. The number of hydrogen-bond donors (Lipinski definition) is 0. The number of fused-ring (bicyclic) bond motifs is 1. The molecule has 0 spiro atoms. The van der Waals surface area contributed by atoms with E-state index in [0.717, 1.165) is 0 Å². The van der Waals surface area contributed by atoms with Crippen molar-refractivity contribution in [2.75, 3.05) is 0 Å². The summed E-state index contributed by atoms with van der Waals surface area (Å²) >= 11 is 0.604. The van der Waals surface area contributed by atoms with E-state index < -0.39 is 0 Å². The molecule has 0 atom stereocenters.